The third-order valence-electron chi connectivity index (χ3n) is 4.20. The number of nitrogens with zero attached hydrogens (tertiary/aromatic N) is 4. The van der Waals surface area contributed by atoms with E-state index in [2.05, 4.69) is 4.99 Å². The number of amidine groups is 1. The van der Waals surface area contributed by atoms with Crippen molar-refractivity contribution in [2.45, 2.75) is 12.2 Å². The molecule has 0 saturated carbocycles. The summed E-state index contributed by atoms with van der Waals surface area (Å²) >= 11 is 1.42. The van der Waals surface area contributed by atoms with Crippen LogP contribution >= 0.6 is 11.8 Å². The number of thioether (sulfide) groups is 1. The fourth-order valence-corrected chi connectivity index (χ4v) is 3.96. The van der Waals surface area contributed by atoms with Gasteiger partial charge in [0.15, 0.2) is 17.4 Å². The summed E-state index contributed by atoms with van der Waals surface area (Å²) in [6, 6.07) is 5.29. The van der Waals surface area contributed by atoms with Crippen LogP contribution in [0, 0.1) is 5.82 Å². The normalized spacial score (nSPS) is 26.3. The molecule has 0 radical (unpaired) electrons. The molecule has 1 aromatic carbocycles. The van der Waals surface area contributed by atoms with Gasteiger partial charge in [0.05, 0.1) is 0 Å². The van der Waals surface area contributed by atoms with E-state index < -0.39 is 12.2 Å². The van der Waals surface area contributed by atoms with E-state index >= 15 is 0 Å². The van der Waals surface area contributed by atoms with Crippen LogP contribution in [-0.4, -0.2) is 58.1 Å². The highest BCUT2D eigenvalue weighted by Crippen LogP contribution is 2.42. The molecule has 2 unspecified atom stereocenters. The first-order valence-electron chi connectivity index (χ1n) is 7.03. The number of likely N-dealkylation sites (N-methyl/N-ethyl adjacent to an activating group) is 2. The van der Waals surface area contributed by atoms with Gasteiger partial charge in [-0.1, -0.05) is 12.1 Å². The van der Waals surface area contributed by atoms with E-state index in [9.17, 15) is 14.0 Å². The zero-order chi connectivity index (χ0) is 16.3. The average Bonchev–Trinajstić information content (AvgIpc) is 3.09. The molecule has 0 N–H and O–H groups in total. The van der Waals surface area contributed by atoms with E-state index in [0.29, 0.717) is 5.17 Å². The third-order valence-corrected chi connectivity index (χ3v) is 5.26. The fraction of sp³-hybridized carbons (Fsp3) is 0.267. The first-order chi connectivity index (χ1) is 11.0. The second-order valence-electron chi connectivity index (χ2n) is 5.57. The van der Waals surface area contributed by atoms with Crippen molar-refractivity contribution >= 4 is 33.8 Å². The molecule has 0 bridgehead atoms. The van der Waals surface area contributed by atoms with E-state index in [1.54, 1.807) is 24.1 Å². The number of rotatable bonds is 1. The summed E-state index contributed by atoms with van der Waals surface area (Å²) in [6.07, 6.45) is 1.34. The van der Waals surface area contributed by atoms with Crippen LogP contribution in [0.4, 0.5) is 9.18 Å². The number of aliphatic imine (C=N–C) groups is 1. The highest BCUT2D eigenvalue weighted by atomic mass is 32.2. The highest BCUT2D eigenvalue weighted by Gasteiger charge is 2.52. The molecule has 3 amide bonds. The topological polar surface area (TPSA) is 56.2 Å². The van der Waals surface area contributed by atoms with Crippen LogP contribution in [0.3, 0.4) is 0 Å². The monoisotopic (exact) mass is 332 g/mol. The summed E-state index contributed by atoms with van der Waals surface area (Å²) in [4.78, 5) is 34.3. The van der Waals surface area contributed by atoms with Crippen molar-refractivity contribution in [2.24, 2.45) is 4.99 Å². The lowest BCUT2D eigenvalue weighted by Crippen LogP contribution is -2.62. The van der Waals surface area contributed by atoms with Crippen molar-refractivity contribution in [1.82, 2.24) is 14.7 Å². The van der Waals surface area contributed by atoms with Gasteiger partial charge < -0.3 is 9.80 Å². The molecular formula is C15H13FN4O2S. The number of halogens is 1. The Morgan fingerprint density at radius 2 is 1.87 bits per heavy atom. The van der Waals surface area contributed by atoms with Crippen molar-refractivity contribution in [2.75, 3.05) is 14.1 Å². The Hall–Kier alpha value is -2.35. The SMILES string of the molecule is CN1C(=O)C2C(N=C3SC(c4ccc(F)cc4)=CN32)N(C)C1=O. The van der Waals surface area contributed by atoms with Crippen molar-refractivity contribution in [3.8, 4) is 0 Å². The molecule has 23 heavy (non-hydrogen) atoms. The highest BCUT2D eigenvalue weighted by molar-refractivity contribution is 8.22. The summed E-state index contributed by atoms with van der Waals surface area (Å²) in [5, 5.41) is 0.683. The Balaban J connectivity index is 1.68. The molecule has 0 aromatic heterocycles. The van der Waals surface area contributed by atoms with Gasteiger partial charge >= 0.3 is 6.03 Å². The van der Waals surface area contributed by atoms with Crippen LogP contribution in [0.5, 0.6) is 0 Å². The predicted molar refractivity (Wildman–Crippen MR) is 84.7 cm³/mol. The van der Waals surface area contributed by atoms with Crippen molar-refractivity contribution < 1.29 is 14.0 Å². The number of hydrogen-bond donors (Lipinski definition) is 0. The predicted octanol–water partition coefficient (Wildman–Crippen LogP) is 1.76. The third kappa shape index (κ3) is 1.98. The summed E-state index contributed by atoms with van der Waals surface area (Å²) in [5.41, 5.74) is 0.867. The van der Waals surface area contributed by atoms with Crippen LogP contribution < -0.4 is 0 Å². The molecule has 4 rings (SSSR count). The van der Waals surface area contributed by atoms with Gasteiger partial charge in [-0.2, -0.15) is 0 Å². The molecule has 0 aliphatic carbocycles. The van der Waals surface area contributed by atoms with Crippen molar-refractivity contribution in [3.63, 3.8) is 0 Å². The van der Waals surface area contributed by atoms with Gasteiger partial charge in [-0.25, -0.2) is 14.2 Å². The molecule has 3 heterocycles. The molecular weight excluding hydrogens is 319 g/mol. The second kappa shape index (κ2) is 4.82. The first-order valence-corrected chi connectivity index (χ1v) is 7.85. The number of carbonyl (C=O) groups excluding carboxylic acids is 2. The molecule has 1 fully saturated rings. The largest absolute Gasteiger partial charge is 0.328 e. The van der Waals surface area contributed by atoms with Gasteiger partial charge in [0.25, 0.3) is 5.91 Å². The Labute approximate surface area is 136 Å². The zero-order valence-corrected chi connectivity index (χ0v) is 13.2. The number of imide groups is 1. The van der Waals surface area contributed by atoms with Crippen LogP contribution in [0.2, 0.25) is 0 Å². The summed E-state index contributed by atoms with van der Waals surface area (Å²) in [6.45, 7) is 0. The van der Waals surface area contributed by atoms with Gasteiger partial charge in [-0.3, -0.25) is 9.69 Å². The Morgan fingerprint density at radius 3 is 2.57 bits per heavy atom. The summed E-state index contributed by atoms with van der Waals surface area (Å²) in [5.74, 6) is -0.562. The van der Waals surface area contributed by atoms with Gasteiger partial charge in [0.1, 0.15) is 5.82 Å². The van der Waals surface area contributed by atoms with Gasteiger partial charge in [-0.05, 0) is 29.5 Å². The number of amides is 3. The molecule has 1 aromatic rings. The van der Waals surface area contributed by atoms with Gasteiger partial charge in [-0.15, -0.1) is 0 Å². The minimum Gasteiger partial charge on any atom is -0.310 e. The lowest BCUT2D eigenvalue weighted by molar-refractivity contribution is -0.135. The zero-order valence-electron chi connectivity index (χ0n) is 12.4. The maximum absolute atomic E-state index is 13.1. The first kappa shape index (κ1) is 14.3. The van der Waals surface area contributed by atoms with E-state index in [1.165, 1.54) is 35.8 Å². The van der Waals surface area contributed by atoms with E-state index in [0.717, 1.165) is 15.4 Å². The van der Waals surface area contributed by atoms with E-state index in [-0.39, 0.29) is 17.8 Å². The number of carbonyl (C=O) groups is 2. The standard InChI is InChI=1S/C15H13FN4O2S/c1-18-12-11(13(21)19(2)15(18)22)20-7-10(23-14(20)17-12)8-3-5-9(16)6-4-8/h3-7,11-12H,1-2H3. The molecule has 2 atom stereocenters. The quantitative estimate of drug-likeness (QED) is 0.786. The number of hydrogen-bond acceptors (Lipinski definition) is 5. The van der Waals surface area contributed by atoms with E-state index in [1.807, 2.05) is 6.20 Å². The van der Waals surface area contributed by atoms with Crippen LogP contribution in [0.1, 0.15) is 5.56 Å². The van der Waals surface area contributed by atoms with Crippen LogP contribution in [-0.2, 0) is 4.79 Å². The molecule has 0 spiro atoms. The smallest absolute Gasteiger partial charge is 0.310 e. The molecule has 3 aliphatic rings. The fourth-order valence-electron chi connectivity index (χ4n) is 2.91. The van der Waals surface area contributed by atoms with Gasteiger partial charge in [0.2, 0.25) is 0 Å². The van der Waals surface area contributed by atoms with Crippen molar-refractivity contribution in [3.05, 3.63) is 41.8 Å². The summed E-state index contributed by atoms with van der Waals surface area (Å²) < 4.78 is 13.1. The Bertz CT molecular complexity index is 776. The number of urea groups is 1. The molecule has 6 nitrogen and oxygen atoms in total. The number of benzene rings is 1. The second-order valence-corrected chi connectivity index (χ2v) is 6.58. The minimum atomic E-state index is -0.539. The van der Waals surface area contributed by atoms with Crippen LogP contribution in [0.15, 0.2) is 35.5 Å². The number of fused-ring (bicyclic) bond motifs is 3. The van der Waals surface area contributed by atoms with Gasteiger partial charge in [0, 0.05) is 25.2 Å². The molecule has 8 heteroatoms. The summed E-state index contributed by atoms with van der Waals surface area (Å²) in [7, 11) is 3.12. The molecule has 1 saturated heterocycles. The van der Waals surface area contributed by atoms with Crippen molar-refractivity contribution in [1.29, 1.82) is 0 Å². The maximum atomic E-state index is 13.1. The van der Waals surface area contributed by atoms with E-state index in [4.69, 9.17) is 0 Å². The molecule has 118 valence electrons. The maximum Gasteiger partial charge on any atom is 0.328 e. The lowest BCUT2D eigenvalue weighted by atomic mass is 10.1. The Morgan fingerprint density at radius 1 is 1.17 bits per heavy atom. The van der Waals surface area contributed by atoms with Crippen LogP contribution in [0.25, 0.3) is 4.91 Å². The molecule has 3 aliphatic heterocycles. The Kier molecular flexibility index (Phi) is 2.99. The average molecular weight is 332 g/mol. The minimum absolute atomic E-state index is 0.269. The lowest BCUT2D eigenvalue weighted by Gasteiger charge is -2.38.